The van der Waals surface area contributed by atoms with Crippen LogP contribution in [-0.2, 0) is 32.1 Å². The number of carbonyl (C=O) groups excluding carboxylic acids is 5. The molecule has 1 saturated heterocycles. The number of hydrogen-bond acceptors (Lipinski definition) is 11. The van der Waals surface area contributed by atoms with Gasteiger partial charge in [0.15, 0.2) is 34.7 Å². The number of phenolic OH excluding ortho intramolecular Hbond substituents is 1. The lowest BCUT2D eigenvalue weighted by Crippen LogP contribution is -2.74. The number of aromatic hydroxyl groups is 1. The van der Waals surface area contributed by atoms with E-state index in [1.807, 2.05) is 25.1 Å². The first-order chi connectivity index (χ1) is 20.8. The van der Waals surface area contributed by atoms with Crippen molar-refractivity contribution in [3.8, 4) is 17.1 Å². The van der Waals surface area contributed by atoms with Crippen LogP contribution in [-0.4, -0.2) is 102 Å². The highest BCUT2D eigenvalue weighted by Crippen LogP contribution is 2.53. The summed E-state index contributed by atoms with van der Waals surface area (Å²) in [5, 5.41) is 23.4. The van der Waals surface area contributed by atoms with Gasteiger partial charge >= 0.3 is 0 Å². The van der Waals surface area contributed by atoms with Crippen molar-refractivity contribution < 1.29 is 38.6 Å². The lowest BCUT2D eigenvalue weighted by molar-refractivity contribution is -0.181. The average Bonchev–Trinajstić information content (AvgIpc) is 3.63. The molecule has 234 valence electrons. The summed E-state index contributed by atoms with van der Waals surface area (Å²) in [6.45, 7) is 2.59. The number of nitrogens with two attached hydrogens (primary N) is 1. The number of Topliss-reactive ketones (excluding diaryl/α,β-unsaturated/α-hetero) is 4. The molecule has 44 heavy (non-hydrogen) atoms. The maximum Gasteiger partial charge on any atom is 0.235 e. The van der Waals surface area contributed by atoms with Crippen LogP contribution in [0.4, 0.5) is 5.69 Å². The summed E-state index contributed by atoms with van der Waals surface area (Å²) in [6, 6.07) is 4.20. The van der Waals surface area contributed by atoms with Crippen LogP contribution in [0.15, 0.2) is 22.6 Å². The summed E-state index contributed by atoms with van der Waals surface area (Å²) < 4.78 is 6.12. The van der Waals surface area contributed by atoms with E-state index < -0.39 is 64.4 Å². The van der Waals surface area contributed by atoms with Crippen LogP contribution in [0, 0.1) is 23.7 Å². The molecule has 3 aliphatic carbocycles. The minimum Gasteiger partial charge on any atom is -0.506 e. The largest absolute Gasteiger partial charge is 0.506 e. The molecule has 1 aliphatic heterocycles. The number of likely N-dealkylation sites (tertiary alicyclic amines) is 1. The van der Waals surface area contributed by atoms with Gasteiger partial charge in [-0.25, -0.2) is 0 Å². The number of benzene rings is 1. The molecule has 0 spiro atoms. The summed E-state index contributed by atoms with van der Waals surface area (Å²) in [7, 11) is 6.74. The number of rotatable bonds is 6. The van der Waals surface area contributed by atoms with Crippen molar-refractivity contribution in [2.75, 3.05) is 46.2 Å². The Balaban J connectivity index is 1.44. The second-order valence-electron chi connectivity index (χ2n) is 13.1. The van der Waals surface area contributed by atoms with E-state index in [0.717, 1.165) is 31.7 Å². The van der Waals surface area contributed by atoms with Crippen LogP contribution in [0.1, 0.15) is 40.9 Å². The number of amides is 1. The fourth-order valence-electron chi connectivity index (χ4n) is 8.01. The molecule has 0 bridgehead atoms. The zero-order chi connectivity index (χ0) is 31.8. The van der Waals surface area contributed by atoms with E-state index in [2.05, 4.69) is 4.90 Å². The van der Waals surface area contributed by atoms with Crippen molar-refractivity contribution >= 4 is 34.7 Å². The van der Waals surface area contributed by atoms with E-state index >= 15 is 0 Å². The molecular weight excluding hydrogens is 568 g/mol. The van der Waals surface area contributed by atoms with Crippen LogP contribution in [0.3, 0.4) is 0 Å². The second kappa shape index (κ2) is 10.6. The molecule has 6 rings (SSSR count). The Hall–Kier alpha value is -3.87. The first-order valence-corrected chi connectivity index (χ1v) is 15.0. The number of primary amides is 1. The van der Waals surface area contributed by atoms with Gasteiger partial charge in [0.25, 0.3) is 0 Å². The van der Waals surface area contributed by atoms with E-state index in [1.54, 1.807) is 26.2 Å². The van der Waals surface area contributed by atoms with E-state index in [1.165, 1.54) is 4.90 Å². The topological polar surface area (TPSA) is 175 Å². The Morgan fingerprint density at radius 3 is 2.39 bits per heavy atom. The summed E-state index contributed by atoms with van der Waals surface area (Å²) >= 11 is 0. The molecule has 4 N–H and O–H groups in total. The fourth-order valence-corrected chi connectivity index (χ4v) is 8.01. The fraction of sp³-hybridized carbons (Fsp3) is 0.531. The maximum absolute atomic E-state index is 14.3. The molecule has 12 heteroatoms. The molecule has 1 aromatic heterocycles. The van der Waals surface area contributed by atoms with Crippen molar-refractivity contribution in [1.29, 1.82) is 0 Å². The Kier molecular flexibility index (Phi) is 7.29. The predicted molar refractivity (Wildman–Crippen MR) is 158 cm³/mol. The van der Waals surface area contributed by atoms with E-state index in [4.69, 9.17) is 10.2 Å². The Bertz CT molecular complexity index is 1590. The van der Waals surface area contributed by atoms with Crippen molar-refractivity contribution in [3.63, 3.8) is 0 Å². The van der Waals surface area contributed by atoms with Gasteiger partial charge in [-0.05, 0) is 82.5 Å². The Morgan fingerprint density at radius 2 is 1.77 bits per heavy atom. The van der Waals surface area contributed by atoms with Gasteiger partial charge in [0, 0.05) is 25.7 Å². The number of nitrogens with zero attached hydrogens (tertiary/aromatic N) is 3. The molecule has 12 nitrogen and oxygen atoms in total. The van der Waals surface area contributed by atoms with Gasteiger partial charge in [0.1, 0.15) is 17.3 Å². The van der Waals surface area contributed by atoms with Crippen molar-refractivity contribution in [2.45, 2.75) is 43.9 Å². The summed E-state index contributed by atoms with van der Waals surface area (Å²) in [5.41, 5.74) is 4.05. The summed E-state index contributed by atoms with van der Waals surface area (Å²) in [6.07, 6.45) is 2.44. The third kappa shape index (κ3) is 4.33. The van der Waals surface area contributed by atoms with Crippen LogP contribution in [0.5, 0.6) is 5.75 Å². The van der Waals surface area contributed by atoms with E-state index in [0.29, 0.717) is 23.6 Å². The lowest BCUT2D eigenvalue weighted by atomic mass is 9.52. The van der Waals surface area contributed by atoms with Crippen LogP contribution in [0.25, 0.3) is 11.3 Å². The number of hydrogen-bond donors (Lipinski definition) is 3. The number of ketones is 4. The number of phenols is 1. The van der Waals surface area contributed by atoms with Gasteiger partial charge in [-0.15, -0.1) is 0 Å². The molecule has 2 aromatic rings. The highest BCUT2D eigenvalue weighted by Gasteiger charge is 2.69. The highest BCUT2D eigenvalue weighted by molar-refractivity contribution is 6.32. The van der Waals surface area contributed by atoms with Crippen molar-refractivity contribution in [3.05, 3.63) is 35.1 Å². The second-order valence-corrected chi connectivity index (χ2v) is 13.1. The SMILES string of the molecule is CN(C)c1cc(-c2ccc(CN3CCCC3)o2)c(O)c2c1CC1CC3[C@H](N(C)C)C(=O)C(C(N)=O)C(=O)C3(O)C(=O)C1C2=O. The minimum atomic E-state index is -2.76. The van der Waals surface area contributed by atoms with Gasteiger partial charge in [0.2, 0.25) is 5.91 Å². The average molecular weight is 607 g/mol. The molecule has 2 saturated carbocycles. The highest BCUT2D eigenvalue weighted by atomic mass is 16.3. The molecule has 6 atom stereocenters. The monoisotopic (exact) mass is 606 g/mol. The van der Waals surface area contributed by atoms with Crippen LogP contribution in [0.2, 0.25) is 0 Å². The summed E-state index contributed by atoms with van der Waals surface area (Å²) in [5.74, 6) is -9.65. The van der Waals surface area contributed by atoms with Crippen molar-refractivity contribution in [2.24, 2.45) is 29.4 Å². The number of furan rings is 1. The quantitative estimate of drug-likeness (QED) is 0.397. The smallest absolute Gasteiger partial charge is 0.235 e. The maximum atomic E-state index is 14.3. The molecule has 0 radical (unpaired) electrons. The molecule has 2 heterocycles. The van der Waals surface area contributed by atoms with E-state index in [-0.39, 0.29) is 29.7 Å². The van der Waals surface area contributed by atoms with Crippen molar-refractivity contribution in [1.82, 2.24) is 9.80 Å². The number of likely N-dealkylation sites (N-methyl/N-ethyl adjacent to an activating group) is 1. The number of aliphatic hydroxyl groups is 1. The van der Waals surface area contributed by atoms with Gasteiger partial charge in [0.05, 0.1) is 29.6 Å². The zero-order valence-corrected chi connectivity index (χ0v) is 25.3. The van der Waals surface area contributed by atoms with Gasteiger partial charge in [-0.2, -0.15) is 0 Å². The predicted octanol–water partition coefficient (Wildman–Crippen LogP) is 0.789. The third-order valence-corrected chi connectivity index (χ3v) is 10.0. The molecule has 4 aliphatic rings. The van der Waals surface area contributed by atoms with Gasteiger partial charge in [-0.1, -0.05) is 0 Å². The normalized spacial score (nSPS) is 30.4. The number of fused-ring (bicyclic) bond motifs is 3. The molecule has 5 unspecified atom stereocenters. The number of carbonyl (C=O) groups is 5. The molecular formula is C32H38N4O8. The standard InChI is InChI=1S/C32H38N4O8/c1-34(2)20-13-18(21-8-7-16(44-21)14-36-9-5-6-10-36)26(37)23-17(20)11-15-12-19-25(35(3)4)28(39)24(31(33)42)30(41)32(19,43)29(40)22(15)27(23)38/h7-8,13,15,19,22,24-25,37,43H,5-6,9-12,14H2,1-4H3,(H2,33,42)/t15?,19?,22?,24?,25-,32?/m0/s1. The molecule has 1 aromatic carbocycles. The lowest BCUT2D eigenvalue weighted by Gasteiger charge is -2.52. The first-order valence-electron chi connectivity index (χ1n) is 15.0. The zero-order valence-electron chi connectivity index (χ0n) is 25.3. The minimum absolute atomic E-state index is 0.00266. The molecule has 3 fully saturated rings. The molecule has 1 amide bonds. The van der Waals surface area contributed by atoms with Crippen LogP contribution < -0.4 is 10.6 Å². The summed E-state index contributed by atoms with van der Waals surface area (Å²) in [4.78, 5) is 73.0. The van der Waals surface area contributed by atoms with Gasteiger partial charge in [-0.3, -0.25) is 33.8 Å². The van der Waals surface area contributed by atoms with Gasteiger partial charge < -0.3 is 25.3 Å². The van der Waals surface area contributed by atoms with E-state index in [9.17, 15) is 34.2 Å². The third-order valence-electron chi connectivity index (χ3n) is 10.0. The number of anilines is 1. The first kappa shape index (κ1) is 30.2. The Labute approximate surface area is 254 Å². The Morgan fingerprint density at radius 1 is 1.09 bits per heavy atom. The van der Waals surface area contributed by atoms with Crippen LogP contribution >= 0.6 is 0 Å².